The van der Waals surface area contributed by atoms with Gasteiger partial charge in [-0.2, -0.15) is 0 Å². The number of aryl methyl sites for hydroxylation is 2. The lowest BCUT2D eigenvalue weighted by molar-refractivity contribution is 0.242. The van der Waals surface area contributed by atoms with E-state index in [-0.39, 0.29) is 12.1 Å². The molecule has 2 N–H and O–H groups in total. The normalized spacial score (nSPS) is 12.5. The highest BCUT2D eigenvalue weighted by atomic mass is 16.5. The zero-order valence-electron chi connectivity index (χ0n) is 13.4. The van der Waals surface area contributed by atoms with E-state index in [0.29, 0.717) is 0 Å². The molecule has 0 aliphatic carbocycles. The summed E-state index contributed by atoms with van der Waals surface area (Å²) in [7, 11) is 0. The third-order valence-corrected chi connectivity index (χ3v) is 3.73. The van der Waals surface area contributed by atoms with E-state index in [1.165, 1.54) is 16.7 Å². The third-order valence-electron chi connectivity index (χ3n) is 3.73. The fourth-order valence-corrected chi connectivity index (χ4v) is 2.60. The van der Waals surface area contributed by atoms with Gasteiger partial charge in [0.05, 0.1) is 6.10 Å². The van der Waals surface area contributed by atoms with E-state index in [0.717, 1.165) is 17.7 Å². The van der Waals surface area contributed by atoms with Gasteiger partial charge in [0, 0.05) is 6.04 Å². The Labute approximate surface area is 127 Å². The summed E-state index contributed by atoms with van der Waals surface area (Å²) in [4.78, 5) is 0. The van der Waals surface area contributed by atoms with Gasteiger partial charge in [0.1, 0.15) is 5.75 Å². The zero-order valence-corrected chi connectivity index (χ0v) is 13.4. The van der Waals surface area contributed by atoms with Crippen LogP contribution in [0.15, 0.2) is 42.5 Å². The first kappa shape index (κ1) is 15.6. The summed E-state index contributed by atoms with van der Waals surface area (Å²) < 4.78 is 5.75. The van der Waals surface area contributed by atoms with Crippen molar-refractivity contribution in [3.05, 3.63) is 64.7 Å². The van der Waals surface area contributed by atoms with Crippen LogP contribution in [0.4, 0.5) is 0 Å². The average Bonchev–Trinajstić information content (AvgIpc) is 2.42. The van der Waals surface area contributed by atoms with Crippen LogP contribution < -0.4 is 10.5 Å². The van der Waals surface area contributed by atoms with Crippen molar-refractivity contribution in [1.82, 2.24) is 0 Å². The Morgan fingerprint density at radius 1 is 1.00 bits per heavy atom. The van der Waals surface area contributed by atoms with Gasteiger partial charge in [0.2, 0.25) is 0 Å². The maximum atomic E-state index is 6.41. The van der Waals surface area contributed by atoms with Gasteiger partial charge in [0.25, 0.3) is 0 Å². The van der Waals surface area contributed by atoms with E-state index < -0.39 is 0 Å². The highest BCUT2D eigenvalue weighted by molar-refractivity contribution is 5.37. The molecule has 0 radical (unpaired) electrons. The van der Waals surface area contributed by atoms with Crippen LogP contribution in [0.25, 0.3) is 0 Å². The lowest BCUT2D eigenvalue weighted by Crippen LogP contribution is -2.15. The summed E-state index contributed by atoms with van der Waals surface area (Å²) in [5, 5.41) is 0. The molecular formula is C19H25NO. The van der Waals surface area contributed by atoms with Gasteiger partial charge in [-0.15, -0.1) is 0 Å². The molecule has 0 aliphatic heterocycles. The van der Waals surface area contributed by atoms with Crippen molar-refractivity contribution in [3.63, 3.8) is 0 Å². The van der Waals surface area contributed by atoms with Gasteiger partial charge in [-0.05, 0) is 68.5 Å². The summed E-state index contributed by atoms with van der Waals surface area (Å²) >= 11 is 0. The predicted octanol–water partition coefficient (Wildman–Crippen LogP) is 4.33. The number of benzene rings is 2. The minimum atomic E-state index is -0.0134. The van der Waals surface area contributed by atoms with Gasteiger partial charge >= 0.3 is 0 Å². The quantitative estimate of drug-likeness (QED) is 0.886. The molecule has 0 heterocycles. The largest absolute Gasteiger partial charge is 0.491 e. The lowest BCUT2D eigenvalue weighted by atomic mass is 9.93. The second-order valence-electron chi connectivity index (χ2n) is 5.92. The first-order valence-corrected chi connectivity index (χ1v) is 7.54. The number of hydrogen-bond donors (Lipinski definition) is 1. The number of nitrogens with two attached hydrogens (primary N) is 1. The molecule has 0 aliphatic rings. The highest BCUT2D eigenvalue weighted by Gasteiger charge is 2.11. The summed E-state index contributed by atoms with van der Waals surface area (Å²) in [6.07, 6.45) is 1.03. The van der Waals surface area contributed by atoms with Gasteiger partial charge in [-0.25, -0.2) is 0 Å². The molecule has 0 aromatic heterocycles. The number of rotatable bonds is 5. The maximum Gasteiger partial charge on any atom is 0.120 e. The van der Waals surface area contributed by atoms with Gasteiger partial charge in [-0.1, -0.05) is 30.3 Å². The molecule has 2 aromatic rings. The summed E-state index contributed by atoms with van der Waals surface area (Å²) in [6.45, 7) is 8.35. The minimum absolute atomic E-state index is 0.0134. The standard InChI is InChI=1S/C19H25NO/c1-13(2)21-17-10-6-9-16(11-17)19(20)12-18-14(3)7-5-8-15(18)4/h5-11,13,19H,12,20H2,1-4H3. The molecule has 2 nitrogen and oxygen atoms in total. The predicted molar refractivity (Wildman–Crippen MR) is 88.8 cm³/mol. The summed E-state index contributed by atoms with van der Waals surface area (Å²) in [6, 6.07) is 14.5. The molecule has 112 valence electrons. The second-order valence-corrected chi connectivity index (χ2v) is 5.92. The SMILES string of the molecule is Cc1cccc(C)c1CC(N)c1cccc(OC(C)C)c1. The van der Waals surface area contributed by atoms with E-state index in [1.54, 1.807) is 0 Å². The molecule has 1 unspecified atom stereocenters. The molecular weight excluding hydrogens is 258 g/mol. The third kappa shape index (κ3) is 4.08. The van der Waals surface area contributed by atoms with E-state index in [2.05, 4.69) is 44.2 Å². The summed E-state index contributed by atoms with van der Waals surface area (Å²) in [5.41, 5.74) is 11.5. The summed E-state index contributed by atoms with van der Waals surface area (Å²) in [5.74, 6) is 0.888. The number of hydrogen-bond acceptors (Lipinski definition) is 2. The Balaban J connectivity index is 2.18. The first-order chi connectivity index (χ1) is 9.97. The van der Waals surface area contributed by atoms with Crippen LogP contribution in [0.3, 0.4) is 0 Å². The van der Waals surface area contributed by atoms with Crippen molar-refractivity contribution in [2.45, 2.75) is 46.3 Å². The highest BCUT2D eigenvalue weighted by Crippen LogP contribution is 2.24. The van der Waals surface area contributed by atoms with Crippen molar-refractivity contribution in [1.29, 1.82) is 0 Å². The Morgan fingerprint density at radius 2 is 1.62 bits per heavy atom. The molecule has 0 bridgehead atoms. The molecule has 2 rings (SSSR count). The topological polar surface area (TPSA) is 35.2 Å². The average molecular weight is 283 g/mol. The Hall–Kier alpha value is -1.80. The molecule has 21 heavy (non-hydrogen) atoms. The molecule has 1 atom stereocenters. The number of ether oxygens (including phenoxy) is 1. The monoisotopic (exact) mass is 283 g/mol. The molecule has 0 saturated carbocycles. The smallest absolute Gasteiger partial charge is 0.120 e. The van der Waals surface area contributed by atoms with Crippen LogP contribution in [-0.4, -0.2) is 6.10 Å². The van der Waals surface area contributed by atoms with Crippen molar-refractivity contribution < 1.29 is 4.74 Å². The van der Waals surface area contributed by atoms with Crippen molar-refractivity contribution in [3.8, 4) is 5.75 Å². The molecule has 2 heteroatoms. The molecule has 0 fully saturated rings. The Morgan fingerprint density at radius 3 is 2.24 bits per heavy atom. The lowest BCUT2D eigenvalue weighted by Gasteiger charge is -2.17. The van der Waals surface area contributed by atoms with Gasteiger partial charge in [-0.3, -0.25) is 0 Å². The first-order valence-electron chi connectivity index (χ1n) is 7.54. The van der Waals surface area contributed by atoms with Gasteiger partial charge in [0.15, 0.2) is 0 Å². The maximum absolute atomic E-state index is 6.41. The van der Waals surface area contributed by atoms with Crippen molar-refractivity contribution in [2.24, 2.45) is 5.73 Å². The van der Waals surface area contributed by atoms with E-state index >= 15 is 0 Å². The van der Waals surface area contributed by atoms with Crippen LogP contribution in [0.5, 0.6) is 5.75 Å². The van der Waals surface area contributed by atoms with Crippen LogP contribution in [-0.2, 0) is 6.42 Å². The molecule has 0 amide bonds. The molecule has 0 saturated heterocycles. The fourth-order valence-electron chi connectivity index (χ4n) is 2.60. The van der Waals surface area contributed by atoms with Crippen LogP contribution >= 0.6 is 0 Å². The van der Waals surface area contributed by atoms with Gasteiger partial charge < -0.3 is 10.5 Å². The Bertz CT molecular complexity index is 584. The van der Waals surface area contributed by atoms with Crippen LogP contribution in [0.1, 0.15) is 42.1 Å². The van der Waals surface area contributed by atoms with Crippen LogP contribution in [0, 0.1) is 13.8 Å². The second kappa shape index (κ2) is 6.77. The zero-order chi connectivity index (χ0) is 15.4. The molecule has 0 spiro atoms. The van der Waals surface area contributed by atoms with Crippen molar-refractivity contribution >= 4 is 0 Å². The molecule has 2 aromatic carbocycles. The van der Waals surface area contributed by atoms with E-state index in [1.807, 2.05) is 26.0 Å². The Kier molecular flexibility index (Phi) is 5.03. The van der Waals surface area contributed by atoms with E-state index in [9.17, 15) is 0 Å². The van der Waals surface area contributed by atoms with Crippen molar-refractivity contribution in [2.75, 3.05) is 0 Å². The fraction of sp³-hybridized carbons (Fsp3) is 0.368. The van der Waals surface area contributed by atoms with E-state index in [4.69, 9.17) is 10.5 Å². The minimum Gasteiger partial charge on any atom is -0.491 e. The van der Waals surface area contributed by atoms with Crippen LogP contribution in [0.2, 0.25) is 0 Å².